The van der Waals surface area contributed by atoms with Crippen LogP contribution in [0.3, 0.4) is 0 Å². The molecule has 146 valence electrons. The van der Waals surface area contributed by atoms with Gasteiger partial charge >= 0.3 is 0 Å². The summed E-state index contributed by atoms with van der Waals surface area (Å²) >= 11 is 0. The molecule has 0 atom stereocenters. The molecular formula is C19H26N4O3S. The van der Waals surface area contributed by atoms with Crippen molar-refractivity contribution in [3.8, 4) is 0 Å². The van der Waals surface area contributed by atoms with E-state index in [1.165, 1.54) is 0 Å². The van der Waals surface area contributed by atoms with E-state index in [1.807, 2.05) is 13.8 Å². The van der Waals surface area contributed by atoms with E-state index in [4.69, 9.17) is 0 Å². The highest BCUT2D eigenvalue weighted by Gasteiger charge is 2.25. The Balaban J connectivity index is 1.66. The maximum absolute atomic E-state index is 12.7. The van der Waals surface area contributed by atoms with Crippen LogP contribution in [-0.2, 0) is 23.6 Å². The monoisotopic (exact) mass is 390 g/mol. The lowest BCUT2D eigenvalue weighted by molar-refractivity contribution is 0.0949. The Morgan fingerprint density at radius 2 is 1.74 bits per heavy atom. The molecule has 0 bridgehead atoms. The number of amides is 1. The molecule has 0 saturated carbocycles. The number of hydrogen-bond acceptors (Lipinski definition) is 4. The van der Waals surface area contributed by atoms with Gasteiger partial charge in [0, 0.05) is 32.4 Å². The van der Waals surface area contributed by atoms with Crippen molar-refractivity contribution in [2.24, 2.45) is 7.05 Å². The molecule has 7 nitrogen and oxygen atoms in total. The summed E-state index contributed by atoms with van der Waals surface area (Å²) < 4.78 is 28.6. The van der Waals surface area contributed by atoms with Gasteiger partial charge in [-0.25, -0.2) is 8.42 Å². The molecule has 3 rings (SSSR count). The Labute approximate surface area is 160 Å². The van der Waals surface area contributed by atoms with Crippen molar-refractivity contribution < 1.29 is 13.2 Å². The lowest BCUT2D eigenvalue weighted by atomic mass is 10.1. The third-order valence-electron chi connectivity index (χ3n) is 5.07. The van der Waals surface area contributed by atoms with Crippen LogP contribution >= 0.6 is 0 Å². The molecule has 0 radical (unpaired) electrons. The number of nitrogens with zero attached hydrogens (tertiary/aromatic N) is 3. The minimum absolute atomic E-state index is 0.178. The van der Waals surface area contributed by atoms with E-state index in [0.29, 0.717) is 35.8 Å². The fraction of sp³-hybridized carbons (Fsp3) is 0.474. The van der Waals surface area contributed by atoms with Crippen molar-refractivity contribution in [1.29, 1.82) is 0 Å². The maximum Gasteiger partial charge on any atom is 0.255 e. The van der Waals surface area contributed by atoms with Gasteiger partial charge in [0.25, 0.3) is 5.91 Å². The van der Waals surface area contributed by atoms with E-state index in [-0.39, 0.29) is 5.91 Å². The number of rotatable bonds is 5. The third kappa shape index (κ3) is 4.06. The van der Waals surface area contributed by atoms with Gasteiger partial charge < -0.3 is 5.32 Å². The molecule has 0 aliphatic carbocycles. The van der Waals surface area contributed by atoms with Crippen LogP contribution in [0.4, 0.5) is 0 Å². The van der Waals surface area contributed by atoms with Crippen molar-refractivity contribution in [2.45, 2.75) is 44.6 Å². The highest BCUT2D eigenvalue weighted by atomic mass is 32.2. The summed E-state index contributed by atoms with van der Waals surface area (Å²) in [5, 5.41) is 7.13. The summed E-state index contributed by atoms with van der Waals surface area (Å²) in [6.07, 6.45) is 2.91. The minimum atomic E-state index is -3.43. The van der Waals surface area contributed by atoms with Crippen LogP contribution in [0.2, 0.25) is 0 Å². The van der Waals surface area contributed by atoms with Gasteiger partial charge in [-0.05, 0) is 44.4 Å². The van der Waals surface area contributed by atoms with Gasteiger partial charge in [-0.15, -0.1) is 0 Å². The summed E-state index contributed by atoms with van der Waals surface area (Å²) in [6, 6.07) is 6.73. The molecule has 1 aliphatic rings. The van der Waals surface area contributed by atoms with Gasteiger partial charge in [0.15, 0.2) is 0 Å². The second kappa shape index (κ2) is 7.82. The lowest BCUT2D eigenvalue weighted by Gasteiger charge is -2.25. The fourth-order valence-corrected chi connectivity index (χ4v) is 4.92. The van der Waals surface area contributed by atoms with Crippen molar-refractivity contribution >= 4 is 15.9 Å². The first-order valence-corrected chi connectivity index (χ1v) is 10.6. The molecule has 1 fully saturated rings. The molecule has 1 aliphatic heterocycles. The van der Waals surface area contributed by atoms with E-state index in [1.54, 1.807) is 40.3 Å². The lowest BCUT2D eigenvalue weighted by Crippen LogP contribution is -2.35. The number of benzene rings is 1. The molecule has 2 aromatic rings. The average Bonchev–Trinajstić information content (AvgIpc) is 2.92. The molecule has 8 heteroatoms. The van der Waals surface area contributed by atoms with Crippen LogP contribution in [-0.4, -0.2) is 41.5 Å². The van der Waals surface area contributed by atoms with Gasteiger partial charge in [-0.2, -0.15) is 9.40 Å². The molecular weight excluding hydrogens is 364 g/mol. The van der Waals surface area contributed by atoms with Crippen molar-refractivity contribution in [3.05, 3.63) is 46.8 Å². The smallest absolute Gasteiger partial charge is 0.255 e. The summed E-state index contributed by atoms with van der Waals surface area (Å²) in [6.45, 7) is 5.17. The number of hydrogen-bond donors (Lipinski definition) is 1. The molecule has 1 aromatic heterocycles. The van der Waals surface area contributed by atoms with Gasteiger partial charge in [-0.1, -0.05) is 18.6 Å². The van der Waals surface area contributed by atoms with Crippen molar-refractivity contribution in [1.82, 2.24) is 19.4 Å². The van der Waals surface area contributed by atoms with Crippen molar-refractivity contribution in [3.63, 3.8) is 0 Å². The van der Waals surface area contributed by atoms with Crippen LogP contribution in [0.25, 0.3) is 0 Å². The molecule has 0 unspecified atom stereocenters. The summed E-state index contributed by atoms with van der Waals surface area (Å²) in [7, 11) is -1.62. The number of carbonyl (C=O) groups excluding carboxylic acids is 1. The Hall–Kier alpha value is -2.19. The van der Waals surface area contributed by atoms with Gasteiger partial charge in [0.2, 0.25) is 10.0 Å². The number of nitrogens with one attached hydrogen (secondary N) is 1. The highest BCUT2D eigenvalue weighted by molar-refractivity contribution is 7.89. The van der Waals surface area contributed by atoms with Crippen LogP contribution in [0.15, 0.2) is 29.2 Å². The molecule has 1 saturated heterocycles. The van der Waals surface area contributed by atoms with E-state index < -0.39 is 10.0 Å². The van der Waals surface area contributed by atoms with Crippen molar-refractivity contribution in [2.75, 3.05) is 13.1 Å². The SMILES string of the molecule is Cc1nn(C)c(C)c1C(=O)NCc1ccc(S(=O)(=O)N2CCCCC2)cc1. The highest BCUT2D eigenvalue weighted by Crippen LogP contribution is 2.21. The first-order chi connectivity index (χ1) is 12.8. The number of aromatic nitrogens is 2. The van der Waals surface area contributed by atoms with Crippen LogP contribution in [0, 0.1) is 13.8 Å². The number of carbonyl (C=O) groups is 1. The Bertz CT molecular complexity index is 927. The van der Waals surface area contributed by atoms with Gasteiger partial charge in [-0.3, -0.25) is 9.48 Å². The van der Waals surface area contributed by atoms with Crippen LogP contribution in [0.1, 0.15) is 46.6 Å². The van der Waals surface area contributed by atoms with E-state index >= 15 is 0 Å². The first kappa shape index (κ1) is 19.6. The molecule has 1 N–H and O–H groups in total. The minimum Gasteiger partial charge on any atom is -0.348 e. The second-order valence-corrected chi connectivity index (χ2v) is 8.90. The summed E-state index contributed by atoms with van der Waals surface area (Å²) in [5.74, 6) is -0.178. The van der Waals surface area contributed by atoms with E-state index in [2.05, 4.69) is 10.4 Å². The quantitative estimate of drug-likeness (QED) is 0.848. The van der Waals surface area contributed by atoms with E-state index in [9.17, 15) is 13.2 Å². The summed E-state index contributed by atoms with van der Waals surface area (Å²) in [4.78, 5) is 12.7. The zero-order chi connectivity index (χ0) is 19.6. The predicted molar refractivity (Wildman–Crippen MR) is 103 cm³/mol. The third-order valence-corrected chi connectivity index (χ3v) is 6.98. The standard InChI is InChI=1S/C19H26N4O3S/c1-14-18(15(2)22(3)21-14)19(24)20-13-16-7-9-17(10-8-16)27(25,26)23-11-5-4-6-12-23/h7-10H,4-6,11-13H2,1-3H3,(H,20,24). The second-order valence-electron chi connectivity index (χ2n) is 6.96. The number of piperidine rings is 1. The molecule has 1 aromatic carbocycles. The average molecular weight is 391 g/mol. The number of sulfonamides is 1. The summed E-state index contributed by atoms with van der Waals surface area (Å²) in [5.41, 5.74) is 2.94. The molecule has 27 heavy (non-hydrogen) atoms. The normalized spacial score (nSPS) is 15.7. The van der Waals surface area contributed by atoms with Crippen LogP contribution < -0.4 is 5.32 Å². The zero-order valence-corrected chi connectivity index (χ0v) is 16.8. The topological polar surface area (TPSA) is 84.3 Å². The maximum atomic E-state index is 12.7. The molecule has 2 heterocycles. The van der Waals surface area contributed by atoms with Gasteiger partial charge in [0.05, 0.1) is 16.2 Å². The van der Waals surface area contributed by atoms with Gasteiger partial charge in [0.1, 0.15) is 0 Å². The fourth-order valence-electron chi connectivity index (χ4n) is 3.41. The zero-order valence-electron chi connectivity index (χ0n) is 16.0. The Morgan fingerprint density at radius 1 is 1.11 bits per heavy atom. The molecule has 0 spiro atoms. The Kier molecular flexibility index (Phi) is 5.67. The van der Waals surface area contributed by atoms with Crippen LogP contribution in [0.5, 0.6) is 0 Å². The largest absolute Gasteiger partial charge is 0.348 e. The first-order valence-electron chi connectivity index (χ1n) is 9.18. The number of aryl methyl sites for hydroxylation is 2. The Morgan fingerprint density at radius 3 is 2.30 bits per heavy atom. The predicted octanol–water partition coefficient (Wildman–Crippen LogP) is 2.14. The molecule has 1 amide bonds. The van der Waals surface area contributed by atoms with E-state index in [0.717, 1.165) is 30.5 Å².